The van der Waals surface area contributed by atoms with E-state index in [1.807, 2.05) is 0 Å². The molecule has 0 saturated carbocycles. The third-order valence-corrected chi connectivity index (χ3v) is 2.31. The predicted molar refractivity (Wildman–Crippen MR) is 61.3 cm³/mol. The highest BCUT2D eigenvalue weighted by Crippen LogP contribution is 2.23. The monoisotopic (exact) mass is 234 g/mol. The number of rotatable bonds is 2. The van der Waals surface area contributed by atoms with Crippen molar-refractivity contribution in [3.63, 3.8) is 0 Å². The Morgan fingerprint density at radius 2 is 2.06 bits per heavy atom. The number of nitro benzene ring substituents is 1. The van der Waals surface area contributed by atoms with E-state index < -0.39 is 4.92 Å². The minimum Gasteiger partial charge on any atom is -0.258 e. The van der Waals surface area contributed by atoms with Crippen LogP contribution in [0.4, 0.5) is 5.69 Å². The Morgan fingerprint density at radius 3 is 2.75 bits per heavy atom. The Balaban J connectivity index is 2.48. The summed E-state index contributed by atoms with van der Waals surface area (Å²) in [5, 5.41) is 11.2. The van der Waals surface area contributed by atoms with Gasteiger partial charge >= 0.3 is 0 Å². The van der Waals surface area contributed by atoms with E-state index in [0.717, 1.165) is 0 Å². The molecule has 1 aromatic heterocycles. The smallest absolute Gasteiger partial charge is 0.258 e. The number of nitrogens with zero attached hydrogens (tertiary/aromatic N) is 2. The topological polar surface area (TPSA) is 56.0 Å². The molecule has 1 aromatic carbocycles. The molecule has 1 heterocycles. The average Bonchev–Trinajstić information content (AvgIpc) is 2.29. The van der Waals surface area contributed by atoms with Gasteiger partial charge in [-0.05, 0) is 12.1 Å². The number of aromatic nitrogens is 1. The van der Waals surface area contributed by atoms with Crippen molar-refractivity contribution < 1.29 is 4.92 Å². The second kappa shape index (κ2) is 4.28. The molecule has 2 aromatic rings. The van der Waals surface area contributed by atoms with Crippen molar-refractivity contribution in [2.75, 3.05) is 0 Å². The van der Waals surface area contributed by atoms with Crippen LogP contribution in [0.25, 0.3) is 11.3 Å². The van der Waals surface area contributed by atoms with Gasteiger partial charge in [-0.15, -0.1) is 0 Å². The van der Waals surface area contributed by atoms with Gasteiger partial charge in [0.2, 0.25) is 0 Å². The zero-order chi connectivity index (χ0) is 11.5. The number of benzene rings is 1. The van der Waals surface area contributed by atoms with E-state index in [1.165, 1.54) is 12.1 Å². The Hall–Kier alpha value is -1.94. The molecule has 0 aliphatic carbocycles. The van der Waals surface area contributed by atoms with Crippen molar-refractivity contribution in [2.24, 2.45) is 0 Å². The number of hydrogen-bond donors (Lipinski definition) is 0. The van der Waals surface area contributed by atoms with Gasteiger partial charge in [-0.3, -0.25) is 15.1 Å². The van der Waals surface area contributed by atoms with Crippen molar-refractivity contribution in [3.05, 3.63) is 57.7 Å². The second-order valence-electron chi connectivity index (χ2n) is 3.17. The molecule has 2 rings (SSSR count). The maximum Gasteiger partial charge on any atom is 0.270 e. The molecule has 0 saturated heterocycles. The summed E-state index contributed by atoms with van der Waals surface area (Å²) in [6, 6.07) is 9.61. The van der Waals surface area contributed by atoms with Crippen LogP contribution in [0.1, 0.15) is 0 Å². The molecule has 0 radical (unpaired) electrons. The lowest BCUT2D eigenvalue weighted by atomic mass is 10.1. The summed E-state index contributed by atoms with van der Waals surface area (Å²) in [5.41, 5.74) is 1.34. The summed E-state index contributed by atoms with van der Waals surface area (Å²) < 4.78 is 0. The highest BCUT2D eigenvalue weighted by molar-refractivity contribution is 6.30. The van der Waals surface area contributed by atoms with Crippen molar-refractivity contribution in [1.82, 2.24) is 4.98 Å². The average molecular weight is 235 g/mol. The Morgan fingerprint density at radius 1 is 1.25 bits per heavy atom. The fourth-order valence-corrected chi connectivity index (χ4v) is 1.50. The standard InChI is InChI=1S/C11H7ClN2O2/c12-9-4-5-13-11(7-9)8-2-1-3-10(6-8)14(15)16/h1-7H. The first-order valence-electron chi connectivity index (χ1n) is 4.53. The van der Waals surface area contributed by atoms with Gasteiger partial charge in [0.1, 0.15) is 0 Å². The lowest BCUT2D eigenvalue weighted by Crippen LogP contribution is -1.89. The Bertz CT molecular complexity index is 543. The van der Waals surface area contributed by atoms with E-state index in [-0.39, 0.29) is 5.69 Å². The first kappa shape index (κ1) is 10.6. The molecular weight excluding hydrogens is 228 g/mol. The molecule has 4 nitrogen and oxygen atoms in total. The number of nitro groups is 1. The van der Waals surface area contributed by atoms with E-state index in [4.69, 9.17) is 11.6 Å². The summed E-state index contributed by atoms with van der Waals surface area (Å²) >= 11 is 5.82. The molecule has 0 spiro atoms. The molecule has 80 valence electrons. The van der Waals surface area contributed by atoms with Gasteiger partial charge in [-0.1, -0.05) is 23.7 Å². The van der Waals surface area contributed by atoms with E-state index in [9.17, 15) is 10.1 Å². The zero-order valence-corrected chi connectivity index (χ0v) is 8.89. The predicted octanol–water partition coefficient (Wildman–Crippen LogP) is 3.31. The van der Waals surface area contributed by atoms with E-state index in [1.54, 1.807) is 30.5 Å². The van der Waals surface area contributed by atoms with Crippen LogP contribution < -0.4 is 0 Å². The summed E-state index contributed by atoms with van der Waals surface area (Å²) in [6.45, 7) is 0. The highest BCUT2D eigenvalue weighted by atomic mass is 35.5. The summed E-state index contributed by atoms with van der Waals surface area (Å²) in [6.07, 6.45) is 1.57. The maximum atomic E-state index is 10.6. The van der Waals surface area contributed by atoms with Crippen LogP contribution >= 0.6 is 11.6 Å². The van der Waals surface area contributed by atoms with Crippen LogP contribution in [0.2, 0.25) is 5.02 Å². The SMILES string of the molecule is O=[N+]([O-])c1cccc(-c2cc(Cl)ccn2)c1. The normalized spacial score (nSPS) is 10.1. The minimum absolute atomic E-state index is 0.0410. The number of hydrogen-bond acceptors (Lipinski definition) is 3. The quantitative estimate of drug-likeness (QED) is 0.592. The molecule has 0 bridgehead atoms. The van der Waals surface area contributed by atoms with Crippen LogP contribution in [0.3, 0.4) is 0 Å². The van der Waals surface area contributed by atoms with Gasteiger partial charge in [-0.25, -0.2) is 0 Å². The molecule has 0 aliphatic heterocycles. The molecular formula is C11H7ClN2O2. The van der Waals surface area contributed by atoms with Crippen LogP contribution in [-0.2, 0) is 0 Å². The first-order valence-corrected chi connectivity index (χ1v) is 4.91. The van der Waals surface area contributed by atoms with Gasteiger partial charge in [0.05, 0.1) is 10.6 Å². The van der Waals surface area contributed by atoms with E-state index >= 15 is 0 Å². The number of non-ortho nitro benzene ring substituents is 1. The molecule has 0 unspecified atom stereocenters. The zero-order valence-electron chi connectivity index (χ0n) is 8.13. The van der Waals surface area contributed by atoms with Crippen LogP contribution in [0, 0.1) is 10.1 Å². The molecule has 0 atom stereocenters. The largest absolute Gasteiger partial charge is 0.270 e. The molecule has 16 heavy (non-hydrogen) atoms. The third-order valence-electron chi connectivity index (χ3n) is 2.07. The summed E-state index contributed by atoms with van der Waals surface area (Å²) in [5.74, 6) is 0. The first-order chi connectivity index (χ1) is 7.66. The number of halogens is 1. The van der Waals surface area contributed by atoms with Gasteiger partial charge in [0.25, 0.3) is 5.69 Å². The molecule has 0 aliphatic rings. The van der Waals surface area contributed by atoms with Crippen LogP contribution in [0.15, 0.2) is 42.6 Å². The molecule has 0 N–H and O–H groups in total. The minimum atomic E-state index is -0.436. The summed E-state index contributed by atoms with van der Waals surface area (Å²) in [7, 11) is 0. The van der Waals surface area contributed by atoms with Crippen molar-refractivity contribution >= 4 is 17.3 Å². The second-order valence-corrected chi connectivity index (χ2v) is 3.60. The van der Waals surface area contributed by atoms with Gasteiger partial charge < -0.3 is 0 Å². The fourth-order valence-electron chi connectivity index (χ4n) is 1.34. The summed E-state index contributed by atoms with van der Waals surface area (Å²) in [4.78, 5) is 14.3. The lowest BCUT2D eigenvalue weighted by Gasteiger charge is -2.00. The number of pyridine rings is 1. The lowest BCUT2D eigenvalue weighted by molar-refractivity contribution is -0.384. The molecule has 0 amide bonds. The van der Waals surface area contributed by atoms with Crippen LogP contribution in [-0.4, -0.2) is 9.91 Å². The maximum absolute atomic E-state index is 10.6. The van der Waals surface area contributed by atoms with Gasteiger partial charge in [0, 0.05) is 28.9 Å². The van der Waals surface area contributed by atoms with Gasteiger partial charge in [0.15, 0.2) is 0 Å². The highest BCUT2D eigenvalue weighted by Gasteiger charge is 2.07. The van der Waals surface area contributed by atoms with Crippen LogP contribution in [0.5, 0.6) is 0 Å². The third kappa shape index (κ3) is 2.17. The van der Waals surface area contributed by atoms with E-state index in [0.29, 0.717) is 16.3 Å². The fraction of sp³-hybridized carbons (Fsp3) is 0. The van der Waals surface area contributed by atoms with Gasteiger partial charge in [-0.2, -0.15) is 0 Å². The molecule has 0 fully saturated rings. The van der Waals surface area contributed by atoms with Crippen molar-refractivity contribution in [1.29, 1.82) is 0 Å². The Kier molecular flexibility index (Phi) is 2.83. The molecule has 5 heteroatoms. The van der Waals surface area contributed by atoms with Crippen molar-refractivity contribution in [2.45, 2.75) is 0 Å². The van der Waals surface area contributed by atoms with E-state index in [2.05, 4.69) is 4.98 Å². The Labute approximate surface area is 96.7 Å². The van der Waals surface area contributed by atoms with Crippen molar-refractivity contribution in [3.8, 4) is 11.3 Å².